The number of hydrogen-bond acceptors (Lipinski definition) is 4. The van der Waals surface area contributed by atoms with Crippen LogP contribution in [-0.4, -0.2) is 30.7 Å². The molecule has 0 spiro atoms. The predicted octanol–water partition coefficient (Wildman–Crippen LogP) is 2.28. The van der Waals surface area contributed by atoms with Crippen molar-refractivity contribution in [3.05, 3.63) is 18.3 Å². The van der Waals surface area contributed by atoms with Crippen molar-refractivity contribution in [3.8, 4) is 5.88 Å². The molecule has 1 atom stereocenters. The molecule has 0 radical (unpaired) electrons. The van der Waals surface area contributed by atoms with Gasteiger partial charge >= 0.3 is 0 Å². The largest absolute Gasteiger partial charge is 0.473 e. The Balaban J connectivity index is 1.91. The van der Waals surface area contributed by atoms with Crippen LogP contribution in [0.15, 0.2) is 18.3 Å². The first-order chi connectivity index (χ1) is 8.75. The minimum atomic E-state index is 0.150. The van der Waals surface area contributed by atoms with Gasteiger partial charge in [0, 0.05) is 12.7 Å². The highest BCUT2D eigenvalue weighted by molar-refractivity contribution is 5.52. The molecule has 1 aromatic rings. The summed E-state index contributed by atoms with van der Waals surface area (Å²) in [5, 5.41) is 6.89. The van der Waals surface area contributed by atoms with Crippen LogP contribution in [0.3, 0.4) is 0 Å². The maximum Gasteiger partial charge on any atom is 0.237 e. The van der Waals surface area contributed by atoms with Crippen LogP contribution in [0.25, 0.3) is 0 Å². The molecule has 1 unspecified atom stereocenters. The number of rotatable bonds is 5. The molecule has 1 aromatic heterocycles. The van der Waals surface area contributed by atoms with Gasteiger partial charge in [-0.25, -0.2) is 4.98 Å². The highest BCUT2D eigenvalue weighted by Gasteiger charge is 2.14. The Kier molecular flexibility index (Phi) is 4.81. The summed E-state index contributed by atoms with van der Waals surface area (Å²) in [6.45, 7) is 7.28. The van der Waals surface area contributed by atoms with Crippen LogP contribution in [0.2, 0.25) is 0 Å². The smallest absolute Gasteiger partial charge is 0.237 e. The third kappa shape index (κ3) is 3.88. The summed E-state index contributed by atoms with van der Waals surface area (Å²) >= 11 is 0. The Labute approximate surface area is 109 Å². The van der Waals surface area contributed by atoms with Crippen molar-refractivity contribution >= 4 is 5.69 Å². The molecule has 2 heterocycles. The molecule has 0 amide bonds. The van der Waals surface area contributed by atoms with Crippen molar-refractivity contribution in [2.45, 2.75) is 32.8 Å². The van der Waals surface area contributed by atoms with E-state index in [-0.39, 0.29) is 6.10 Å². The molecule has 0 bridgehead atoms. The molecule has 0 aliphatic carbocycles. The van der Waals surface area contributed by atoms with Crippen LogP contribution in [0.4, 0.5) is 5.69 Å². The second-order valence-electron chi connectivity index (χ2n) is 5.12. The normalized spacial score (nSPS) is 19.8. The lowest BCUT2D eigenvalue weighted by Crippen LogP contribution is -2.33. The molecule has 18 heavy (non-hydrogen) atoms. The summed E-state index contributed by atoms with van der Waals surface area (Å²) in [4.78, 5) is 4.28. The summed E-state index contributed by atoms with van der Waals surface area (Å²) in [5.74, 6) is 1.40. The van der Waals surface area contributed by atoms with Crippen LogP contribution >= 0.6 is 0 Å². The fourth-order valence-corrected chi connectivity index (χ4v) is 2.20. The van der Waals surface area contributed by atoms with Gasteiger partial charge < -0.3 is 15.4 Å². The van der Waals surface area contributed by atoms with E-state index in [9.17, 15) is 0 Å². The van der Waals surface area contributed by atoms with Gasteiger partial charge in [-0.2, -0.15) is 0 Å². The number of ether oxygens (including phenoxy) is 1. The third-order valence-electron chi connectivity index (χ3n) is 3.10. The predicted molar refractivity (Wildman–Crippen MR) is 74.1 cm³/mol. The summed E-state index contributed by atoms with van der Waals surface area (Å²) < 4.78 is 5.70. The first-order valence-corrected chi connectivity index (χ1v) is 6.82. The van der Waals surface area contributed by atoms with Crippen molar-refractivity contribution in [1.29, 1.82) is 0 Å². The number of aromatic nitrogens is 1. The van der Waals surface area contributed by atoms with Crippen LogP contribution < -0.4 is 15.4 Å². The molecule has 4 heteroatoms. The molecule has 1 aliphatic rings. The monoisotopic (exact) mass is 249 g/mol. The van der Waals surface area contributed by atoms with E-state index < -0.39 is 0 Å². The van der Waals surface area contributed by atoms with Gasteiger partial charge in [0.15, 0.2) is 0 Å². The zero-order valence-electron chi connectivity index (χ0n) is 11.3. The Morgan fingerprint density at radius 1 is 1.56 bits per heavy atom. The highest BCUT2D eigenvalue weighted by atomic mass is 16.5. The molecule has 0 aromatic carbocycles. The van der Waals surface area contributed by atoms with Crippen LogP contribution in [-0.2, 0) is 0 Å². The van der Waals surface area contributed by atoms with Crippen molar-refractivity contribution in [3.63, 3.8) is 0 Å². The van der Waals surface area contributed by atoms with Gasteiger partial charge in [-0.15, -0.1) is 0 Å². The molecule has 2 rings (SSSR count). The molecular formula is C14H23N3O. The van der Waals surface area contributed by atoms with E-state index in [0.717, 1.165) is 25.3 Å². The van der Waals surface area contributed by atoms with Gasteiger partial charge in [-0.3, -0.25) is 0 Å². The van der Waals surface area contributed by atoms with E-state index in [4.69, 9.17) is 4.74 Å². The summed E-state index contributed by atoms with van der Waals surface area (Å²) in [7, 11) is 0. The number of hydrogen-bond donors (Lipinski definition) is 2. The van der Waals surface area contributed by atoms with E-state index in [0.29, 0.717) is 11.8 Å². The van der Waals surface area contributed by atoms with E-state index in [1.807, 2.05) is 26.0 Å². The lowest BCUT2D eigenvalue weighted by atomic mass is 10.00. The third-order valence-corrected chi connectivity index (χ3v) is 3.10. The number of anilines is 1. The number of nitrogens with zero attached hydrogens (tertiary/aromatic N) is 1. The molecule has 1 saturated heterocycles. The minimum absolute atomic E-state index is 0.150. The fourth-order valence-electron chi connectivity index (χ4n) is 2.20. The quantitative estimate of drug-likeness (QED) is 0.840. The van der Waals surface area contributed by atoms with Crippen molar-refractivity contribution in [2.75, 3.05) is 25.0 Å². The van der Waals surface area contributed by atoms with E-state index in [1.165, 1.54) is 12.8 Å². The van der Waals surface area contributed by atoms with Gasteiger partial charge in [-0.05, 0) is 57.8 Å². The molecule has 100 valence electrons. The fraction of sp³-hybridized carbons (Fsp3) is 0.643. The van der Waals surface area contributed by atoms with Gasteiger partial charge in [-0.1, -0.05) is 0 Å². The number of piperidine rings is 1. The second kappa shape index (κ2) is 6.59. The highest BCUT2D eigenvalue weighted by Crippen LogP contribution is 2.22. The zero-order chi connectivity index (χ0) is 12.8. The standard InChI is InChI=1S/C14H23N3O/c1-11(2)18-14-13(6-4-8-16-14)17-10-12-5-3-7-15-9-12/h4,6,8,11-12,15,17H,3,5,7,9-10H2,1-2H3. The van der Waals surface area contributed by atoms with Gasteiger partial charge in [0.2, 0.25) is 5.88 Å². The van der Waals surface area contributed by atoms with Crippen LogP contribution in [0, 0.1) is 5.92 Å². The molecule has 1 aliphatic heterocycles. The second-order valence-corrected chi connectivity index (χ2v) is 5.12. The Morgan fingerprint density at radius 3 is 3.17 bits per heavy atom. The maximum absolute atomic E-state index is 5.70. The average Bonchev–Trinajstić information content (AvgIpc) is 2.38. The zero-order valence-corrected chi connectivity index (χ0v) is 11.3. The molecule has 4 nitrogen and oxygen atoms in total. The Bertz CT molecular complexity index is 362. The molecular weight excluding hydrogens is 226 g/mol. The Hall–Kier alpha value is -1.29. The lowest BCUT2D eigenvalue weighted by Gasteiger charge is -2.24. The van der Waals surface area contributed by atoms with Crippen molar-refractivity contribution in [1.82, 2.24) is 10.3 Å². The van der Waals surface area contributed by atoms with Gasteiger partial charge in [0.1, 0.15) is 0 Å². The van der Waals surface area contributed by atoms with Gasteiger partial charge in [0.25, 0.3) is 0 Å². The first kappa shape index (κ1) is 13.1. The molecule has 2 N–H and O–H groups in total. The van der Waals surface area contributed by atoms with Crippen molar-refractivity contribution < 1.29 is 4.74 Å². The first-order valence-electron chi connectivity index (χ1n) is 6.82. The molecule has 1 fully saturated rings. The lowest BCUT2D eigenvalue weighted by molar-refractivity contribution is 0.234. The topological polar surface area (TPSA) is 46.2 Å². The van der Waals surface area contributed by atoms with E-state index >= 15 is 0 Å². The van der Waals surface area contributed by atoms with Crippen molar-refractivity contribution in [2.24, 2.45) is 5.92 Å². The maximum atomic E-state index is 5.70. The van der Waals surface area contributed by atoms with E-state index in [2.05, 4.69) is 15.6 Å². The van der Waals surface area contributed by atoms with Crippen LogP contribution in [0.5, 0.6) is 5.88 Å². The SMILES string of the molecule is CC(C)Oc1ncccc1NCC1CCCNC1. The number of pyridine rings is 1. The summed E-state index contributed by atoms with van der Waals surface area (Å²) in [6.07, 6.45) is 4.48. The number of nitrogens with one attached hydrogen (secondary N) is 2. The summed E-state index contributed by atoms with van der Waals surface area (Å²) in [5.41, 5.74) is 0.997. The van der Waals surface area contributed by atoms with E-state index in [1.54, 1.807) is 6.20 Å². The van der Waals surface area contributed by atoms with Gasteiger partial charge in [0.05, 0.1) is 11.8 Å². The average molecular weight is 249 g/mol. The molecule has 0 saturated carbocycles. The Morgan fingerprint density at radius 2 is 2.44 bits per heavy atom. The summed E-state index contributed by atoms with van der Waals surface area (Å²) in [6, 6.07) is 3.97. The minimum Gasteiger partial charge on any atom is -0.473 e. The van der Waals surface area contributed by atoms with Crippen LogP contribution in [0.1, 0.15) is 26.7 Å².